The zero-order chi connectivity index (χ0) is 22.3. The van der Waals surface area contributed by atoms with Gasteiger partial charge >= 0.3 is 0 Å². The van der Waals surface area contributed by atoms with Crippen LogP contribution in [0.15, 0.2) is 52.0 Å². The summed E-state index contributed by atoms with van der Waals surface area (Å²) in [7, 11) is -3.59. The molecule has 0 atom stereocenters. The van der Waals surface area contributed by atoms with E-state index in [1.54, 1.807) is 12.1 Å². The summed E-state index contributed by atoms with van der Waals surface area (Å²) in [5.41, 5.74) is 0. The summed E-state index contributed by atoms with van der Waals surface area (Å²) in [6.45, 7) is 0.521. The lowest BCUT2D eigenvalue weighted by molar-refractivity contribution is -0.129. The monoisotopic (exact) mass is 467 g/mol. The zero-order valence-electron chi connectivity index (χ0n) is 17.0. The van der Waals surface area contributed by atoms with Crippen LogP contribution >= 0.6 is 11.6 Å². The molecule has 2 aromatic rings. The van der Waals surface area contributed by atoms with Gasteiger partial charge in [0, 0.05) is 17.5 Å². The van der Waals surface area contributed by atoms with E-state index in [0.717, 1.165) is 12.8 Å². The van der Waals surface area contributed by atoms with E-state index in [2.05, 4.69) is 15.4 Å². The number of hydrogen-bond donors (Lipinski definition) is 3. The molecule has 31 heavy (non-hydrogen) atoms. The maximum absolute atomic E-state index is 12.4. The molecular formula is C21H26ClN3O5S. The minimum Gasteiger partial charge on any atom is -0.467 e. The lowest BCUT2D eigenvalue weighted by atomic mass is 9.81. The van der Waals surface area contributed by atoms with Gasteiger partial charge in [0.15, 0.2) is 0 Å². The Bertz CT molecular complexity index is 969. The molecule has 1 heterocycles. The number of furan rings is 1. The van der Waals surface area contributed by atoms with Crippen molar-refractivity contribution in [2.24, 2.45) is 11.8 Å². The van der Waals surface area contributed by atoms with Crippen LogP contribution in [-0.2, 0) is 26.2 Å². The maximum atomic E-state index is 12.4. The van der Waals surface area contributed by atoms with E-state index in [1.807, 2.05) is 0 Å². The molecule has 0 aliphatic heterocycles. The molecule has 168 valence electrons. The summed E-state index contributed by atoms with van der Waals surface area (Å²) in [6.07, 6.45) is 4.33. The van der Waals surface area contributed by atoms with Gasteiger partial charge in [-0.2, -0.15) is 0 Å². The molecule has 0 bridgehead atoms. The molecule has 1 aromatic carbocycles. The Hall–Kier alpha value is -2.36. The van der Waals surface area contributed by atoms with Crippen molar-refractivity contribution in [3.8, 4) is 0 Å². The predicted molar refractivity (Wildman–Crippen MR) is 116 cm³/mol. The summed E-state index contributed by atoms with van der Waals surface area (Å²) in [4.78, 5) is 24.4. The van der Waals surface area contributed by atoms with E-state index in [4.69, 9.17) is 16.0 Å². The van der Waals surface area contributed by atoms with Crippen molar-refractivity contribution >= 4 is 33.4 Å². The average Bonchev–Trinajstić information content (AvgIpc) is 3.29. The summed E-state index contributed by atoms with van der Waals surface area (Å²) < 4.78 is 32.5. The third kappa shape index (κ3) is 7.09. The lowest BCUT2D eigenvalue weighted by Crippen LogP contribution is -2.41. The molecule has 3 rings (SSSR count). The number of nitrogens with one attached hydrogen (secondary N) is 3. The number of amides is 2. The second kappa shape index (κ2) is 10.8. The normalized spacial score (nSPS) is 19.0. The minimum absolute atomic E-state index is 0.0830. The molecule has 2 amide bonds. The SMILES string of the molecule is O=C(CNC(=O)C1CCC(CNS(=O)(=O)c2ccc(Cl)cc2)CC1)NCc1ccco1. The first-order valence-electron chi connectivity index (χ1n) is 10.2. The first-order valence-corrected chi connectivity index (χ1v) is 12.0. The molecule has 10 heteroatoms. The number of carbonyl (C=O) groups is 2. The van der Waals surface area contributed by atoms with Gasteiger partial charge in [-0.05, 0) is 68.0 Å². The van der Waals surface area contributed by atoms with Crippen LogP contribution in [0.3, 0.4) is 0 Å². The molecule has 0 saturated heterocycles. The topological polar surface area (TPSA) is 118 Å². The third-order valence-corrected chi connectivity index (χ3v) is 7.06. The number of hydrogen-bond acceptors (Lipinski definition) is 5. The zero-order valence-corrected chi connectivity index (χ0v) is 18.5. The van der Waals surface area contributed by atoms with E-state index >= 15 is 0 Å². The molecule has 1 aliphatic rings. The highest BCUT2D eigenvalue weighted by molar-refractivity contribution is 7.89. The minimum atomic E-state index is -3.59. The van der Waals surface area contributed by atoms with E-state index in [0.29, 0.717) is 30.2 Å². The molecule has 1 saturated carbocycles. The second-order valence-corrected chi connectivity index (χ2v) is 9.80. The highest BCUT2D eigenvalue weighted by Crippen LogP contribution is 2.29. The number of halogens is 1. The lowest BCUT2D eigenvalue weighted by Gasteiger charge is -2.27. The van der Waals surface area contributed by atoms with Gasteiger partial charge in [0.2, 0.25) is 21.8 Å². The van der Waals surface area contributed by atoms with Gasteiger partial charge in [0.05, 0.1) is 24.2 Å². The van der Waals surface area contributed by atoms with Crippen molar-refractivity contribution in [3.05, 3.63) is 53.4 Å². The largest absolute Gasteiger partial charge is 0.467 e. The van der Waals surface area contributed by atoms with Crippen LogP contribution in [0, 0.1) is 11.8 Å². The molecule has 0 unspecified atom stereocenters. The standard InChI is InChI=1S/C21H26ClN3O5S/c22-17-7-9-19(10-8-17)31(28,29)25-12-15-3-5-16(6-4-15)21(27)24-14-20(26)23-13-18-2-1-11-30-18/h1-2,7-11,15-16,25H,3-6,12-14H2,(H,23,26)(H,24,27). The Kier molecular flexibility index (Phi) is 8.11. The van der Waals surface area contributed by atoms with Gasteiger partial charge in [0.25, 0.3) is 0 Å². The van der Waals surface area contributed by atoms with Crippen molar-refractivity contribution < 1.29 is 22.4 Å². The Labute approximate surface area is 186 Å². The van der Waals surface area contributed by atoms with Gasteiger partial charge in [-0.3, -0.25) is 9.59 Å². The van der Waals surface area contributed by atoms with E-state index in [-0.39, 0.29) is 41.6 Å². The first-order chi connectivity index (χ1) is 14.8. The Balaban J connectivity index is 1.35. The van der Waals surface area contributed by atoms with Crippen LogP contribution in [-0.4, -0.2) is 33.3 Å². The number of carbonyl (C=O) groups excluding carboxylic acids is 2. The van der Waals surface area contributed by atoms with Crippen LogP contribution in [0.2, 0.25) is 5.02 Å². The van der Waals surface area contributed by atoms with E-state index in [9.17, 15) is 18.0 Å². The van der Waals surface area contributed by atoms with Gasteiger partial charge in [-0.15, -0.1) is 0 Å². The van der Waals surface area contributed by atoms with Crippen LogP contribution in [0.1, 0.15) is 31.4 Å². The quantitative estimate of drug-likeness (QED) is 0.523. The first kappa shape index (κ1) is 23.3. The number of rotatable bonds is 9. The Morgan fingerprint density at radius 1 is 1.03 bits per heavy atom. The van der Waals surface area contributed by atoms with Crippen molar-refractivity contribution in [2.45, 2.75) is 37.1 Å². The van der Waals surface area contributed by atoms with Gasteiger partial charge in [-0.1, -0.05) is 11.6 Å². The molecule has 8 nitrogen and oxygen atoms in total. The smallest absolute Gasteiger partial charge is 0.240 e. The summed E-state index contributed by atoms with van der Waals surface area (Å²) in [5.74, 6) is 0.220. The van der Waals surface area contributed by atoms with Crippen molar-refractivity contribution in [1.82, 2.24) is 15.4 Å². The summed E-state index contributed by atoms with van der Waals surface area (Å²) >= 11 is 5.80. The fraction of sp³-hybridized carbons (Fsp3) is 0.429. The van der Waals surface area contributed by atoms with E-state index in [1.165, 1.54) is 30.5 Å². The number of benzene rings is 1. The third-order valence-electron chi connectivity index (χ3n) is 5.37. The number of sulfonamides is 1. The van der Waals surface area contributed by atoms with Crippen molar-refractivity contribution in [2.75, 3.05) is 13.1 Å². The fourth-order valence-electron chi connectivity index (χ4n) is 3.53. The van der Waals surface area contributed by atoms with Gasteiger partial charge < -0.3 is 15.1 Å². The summed E-state index contributed by atoms with van der Waals surface area (Å²) in [6, 6.07) is 9.51. The molecule has 1 fully saturated rings. The second-order valence-electron chi connectivity index (χ2n) is 7.60. The van der Waals surface area contributed by atoms with E-state index < -0.39 is 10.0 Å². The Morgan fingerprint density at radius 2 is 1.74 bits per heavy atom. The highest BCUT2D eigenvalue weighted by atomic mass is 35.5. The predicted octanol–water partition coefficient (Wildman–Crippen LogP) is 2.45. The maximum Gasteiger partial charge on any atom is 0.240 e. The van der Waals surface area contributed by atoms with Crippen LogP contribution in [0.25, 0.3) is 0 Å². The van der Waals surface area contributed by atoms with Crippen molar-refractivity contribution in [1.29, 1.82) is 0 Å². The van der Waals surface area contributed by atoms with Gasteiger partial charge in [0.1, 0.15) is 5.76 Å². The van der Waals surface area contributed by atoms with Crippen molar-refractivity contribution in [3.63, 3.8) is 0 Å². The fourth-order valence-corrected chi connectivity index (χ4v) is 4.77. The molecule has 3 N–H and O–H groups in total. The van der Waals surface area contributed by atoms with Gasteiger partial charge in [-0.25, -0.2) is 13.1 Å². The summed E-state index contributed by atoms with van der Waals surface area (Å²) in [5, 5.41) is 5.83. The van der Waals surface area contributed by atoms with Crippen LogP contribution in [0.5, 0.6) is 0 Å². The highest BCUT2D eigenvalue weighted by Gasteiger charge is 2.27. The molecule has 1 aliphatic carbocycles. The molecule has 1 aromatic heterocycles. The van der Waals surface area contributed by atoms with Crippen LogP contribution < -0.4 is 15.4 Å². The Morgan fingerprint density at radius 3 is 2.39 bits per heavy atom. The molecule has 0 spiro atoms. The molecule has 0 radical (unpaired) electrons. The van der Waals surface area contributed by atoms with Crippen LogP contribution in [0.4, 0.5) is 0 Å². The molecular weight excluding hydrogens is 442 g/mol. The average molecular weight is 468 g/mol.